The lowest BCUT2D eigenvalue weighted by atomic mass is 9.92. The van der Waals surface area contributed by atoms with E-state index in [0.717, 1.165) is 36.9 Å². The number of alkyl halides is 3. The van der Waals surface area contributed by atoms with Crippen molar-refractivity contribution in [3.63, 3.8) is 0 Å². The molecule has 0 atom stereocenters. The Morgan fingerprint density at radius 1 is 1.17 bits per heavy atom. The van der Waals surface area contributed by atoms with E-state index in [4.69, 9.17) is 0 Å². The highest BCUT2D eigenvalue weighted by atomic mass is 19.4. The number of allylic oxidation sites excluding steroid dienone is 2. The van der Waals surface area contributed by atoms with Gasteiger partial charge in [-0.15, -0.1) is 13.2 Å². The predicted molar refractivity (Wildman–Crippen MR) is 110 cm³/mol. The molecular weight excluding hydrogens is 379 g/mol. The van der Waals surface area contributed by atoms with Crippen LogP contribution in [0.4, 0.5) is 30.4 Å². The van der Waals surface area contributed by atoms with Gasteiger partial charge in [0.15, 0.2) is 0 Å². The summed E-state index contributed by atoms with van der Waals surface area (Å²) < 4.78 is 41.0. The molecule has 0 radical (unpaired) electrons. The Kier molecular flexibility index (Phi) is 6.67. The lowest BCUT2D eigenvalue weighted by Crippen LogP contribution is -2.27. The first kappa shape index (κ1) is 21.0. The first-order chi connectivity index (χ1) is 13.9. The van der Waals surface area contributed by atoms with Gasteiger partial charge in [0, 0.05) is 29.2 Å². The van der Waals surface area contributed by atoms with Crippen molar-refractivity contribution in [2.24, 2.45) is 0 Å². The van der Waals surface area contributed by atoms with E-state index in [9.17, 15) is 13.2 Å². The zero-order valence-electron chi connectivity index (χ0n) is 16.6. The number of rotatable bonds is 8. The third kappa shape index (κ3) is 5.65. The monoisotopic (exact) mass is 405 g/mol. The number of halogens is 3. The van der Waals surface area contributed by atoms with Gasteiger partial charge >= 0.3 is 6.36 Å². The molecular formula is C22H26F3N3O. The van der Waals surface area contributed by atoms with Crippen molar-refractivity contribution in [2.75, 3.05) is 10.6 Å². The van der Waals surface area contributed by atoms with Crippen LogP contribution in [0.25, 0.3) is 5.57 Å². The molecule has 7 heteroatoms. The standard InChI is InChI=1S/C22H26F3N3O/c1-3-6-15(4-2)20-19(27-16-7-5-8-16)13-14-26-21(20)28-17-9-11-18(12-10-17)29-22(23,24)25/h6,9-14,16H,3-5,7-8H2,1-2H3,(H2,26,27,28)/b15-6+. The molecule has 1 saturated carbocycles. The van der Waals surface area contributed by atoms with E-state index in [-0.39, 0.29) is 5.75 Å². The number of pyridine rings is 1. The lowest BCUT2D eigenvalue weighted by molar-refractivity contribution is -0.274. The van der Waals surface area contributed by atoms with Crippen LogP contribution in [0.2, 0.25) is 0 Å². The van der Waals surface area contributed by atoms with E-state index in [1.54, 1.807) is 18.3 Å². The van der Waals surface area contributed by atoms with Crippen LogP contribution in [0.15, 0.2) is 42.6 Å². The van der Waals surface area contributed by atoms with Gasteiger partial charge < -0.3 is 15.4 Å². The summed E-state index contributed by atoms with van der Waals surface area (Å²) >= 11 is 0. The second-order valence-corrected chi connectivity index (χ2v) is 7.04. The average molecular weight is 405 g/mol. The Labute approximate surface area is 169 Å². The summed E-state index contributed by atoms with van der Waals surface area (Å²) in [4.78, 5) is 4.52. The van der Waals surface area contributed by atoms with E-state index < -0.39 is 6.36 Å². The molecule has 1 heterocycles. The number of aromatic nitrogens is 1. The number of anilines is 3. The SMILES string of the molecule is CC/C=C(\CC)c1c(NC2CCC2)ccnc1Nc1ccc(OC(F)(F)F)cc1. The molecule has 0 bridgehead atoms. The minimum Gasteiger partial charge on any atom is -0.406 e. The summed E-state index contributed by atoms with van der Waals surface area (Å²) in [6, 6.07) is 8.13. The van der Waals surface area contributed by atoms with Crippen LogP contribution in [-0.4, -0.2) is 17.4 Å². The molecule has 2 N–H and O–H groups in total. The minimum absolute atomic E-state index is 0.253. The number of nitrogens with one attached hydrogen (secondary N) is 2. The van der Waals surface area contributed by atoms with Crippen LogP contribution in [0.3, 0.4) is 0 Å². The number of benzene rings is 1. The normalized spacial score (nSPS) is 15.0. The molecule has 2 aromatic rings. The smallest absolute Gasteiger partial charge is 0.406 e. The number of hydrogen-bond donors (Lipinski definition) is 2. The zero-order valence-corrected chi connectivity index (χ0v) is 16.6. The van der Waals surface area contributed by atoms with Crippen LogP contribution in [0.1, 0.15) is 51.5 Å². The molecule has 1 aliphatic carbocycles. The van der Waals surface area contributed by atoms with Crippen molar-refractivity contribution in [3.05, 3.63) is 48.2 Å². The quantitative estimate of drug-likeness (QED) is 0.502. The summed E-state index contributed by atoms with van der Waals surface area (Å²) in [5.74, 6) is 0.428. The summed E-state index contributed by atoms with van der Waals surface area (Å²) in [6.07, 6.45) is 4.54. The maximum absolute atomic E-state index is 12.4. The summed E-state index contributed by atoms with van der Waals surface area (Å²) in [5.41, 5.74) is 3.87. The highest BCUT2D eigenvalue weighted by Crippen LogP contribution is 2.36. The van der Waals surface area contributed by atoms with Crippen LogP contribution in [0.5, 0.6) is 5.75 Å². The Balaban J connectivity index is 1.89. The summed E-state index contributed by atoms with van der Waals surface area (Å²) in [5, 5.41) is 6.87. The molecule has 0 saturated heterocycles. The molecule has 156 valence electrons. The lowest BCUT2D eigenvalue weighted by Gasteiger charge is -2.29. The van der Waals surface area contributed by atoms with Crippen molar-refractivity contribution in [3.8, 4) is 5.75 Å². The molecule has 0 unspecified atom stereocenters. The maximum atomic E-state index is 12.4. The zero-order chi connectivity index (χ0) is 20.9. The van der Waals surface area contributed by atoms with E-state index in [1.807, 2.05) is 6.07 Å². The van der Waals surface area contributed by atoms with Crippen LogP contribution in [0, 0.1) is 0 Å². The van der Waals surface area contributed by atoms with Gasteiger partial charge in [-0.05, 0) is 68.0 Å². The molecule has 29 heavy (non-hydrogen) atoms. The van der Waals surface area contributed by atoms with Crippen molar-refractivity contribution >= 4 is 22.8 Å². The fraction of sp³-hybridized carbons (Fsp3) is 0.409. The molecule has 4 nitrogen and oxygen atoms in total. The van der Waals surface area contributed by atoms with Crippen molar-refractivity contribution < 1.29 is 17.9 Å². The van der Waals surface area contributed by atoms with Crippen molar-refractivity contribution in [1.82, 2.24) is 4.98 Å². The molecule has 0 spiro atoms. The van der Waals surface area contributed by atoms with Crippen LogP contribution >= 0.6 is 0 Å². The maximum Gasteiger partial charge on any atom is 0.573 e. The van der Waals surface area contributed by atoms with Crippen molar-refractivity contribution in [1.29, 1.82) is 0 Å². The molecule has 1 aromatic carbocycles. The largest absolute Gasteiger partial charge is 0.573 e. The second kappa shape index (κ2) is 9.20. The third-order valence-corrected chi connectivity index (χ3v) is 4.92. The minimum atomic E-state index is -4.70. The van der Waals surface area contributed by atoms with Crippen LogP contribution in [-0.2, 0) is 0 Å². The van der Waals surface area contributed by atoms with Gasteiger partial charge in [0.2, 0.25) is 0 Å². The van der Waals surface area contributed by atoms with Gasteiger partial charge in [0.25, 0.3) is 0 Å². The molecule has 0 amide bonds. The fourth-order valence-electron chi connectivity index (χ4n) is 3.32. The molecule has 1 aliphatic rings. The van der Waals surface area contributed by atoms with Crippen molar-refractivity contribution in [2.45, 2.75) is 58.4 Å². The van der Waals surface area contributed by atoms with Crippen LogP contribution < -0.4 is 15.4 Å². The molecule has 1 aromatic heterocycles. The van der Waals surface area contributed by atoms with Gasteiger partial charge in [-0.3, -0.25) is 0 Å². The van der Waals surface area contributed by atoms with Gasteiger partial charge in [0.05, 0.1) is 0 Å². The highest BCUT2D eigenvalue weighted by Gasteiger charge is 2.31. The molecule has 1 fully saturated rings. The fourth-order valence-corrected chi connectivity index (χ4v) is 3.32. The van der Waals surface area contributed by atoms with E-state index >= 15 is 0 Å². The topological polar surface area (TPSA) is 46.2 Å². The number of ether oxygens (including phenoxy) is 1. The summed E-state index contributed by atoms with van der Waals surface area (Å²) in [6.45, 7) is 4.20. The predicted octanol–water partition coefficient (Wildman–Crippen LogP) is 6.89. The average Bonchev–Trinajstić information content (AvgIpc) is 2.64. The van der Waals surface area contributed by atoms with Gasteiger partial charge in [-0.25, -0.2) is 4.98 Å². The molecule has 3 rings (SSSR count). The Morgan fingerprint density at radius 2 is 1.90 bits per heavy atom. The van der Waals surface area contributed by atoms with Gasteiger partial charge in [-0.1, -0.05) is 19.9 Å². The Bertz CT molecular complexity index is 843. The summed E-state index contributed by atoms with van der Waals surface area (Å²) in [7, 11) is 0. The second-order valence-electron chi connectivity index (χ2n) is 7.04. The number of nitrogens with zero attached hydrogens (tertiary/aromatic N) is 1. The first-order valence-corrected chi connectivity index (χ1v) is 9.97. The number of hydrogen-bond acceptors (Lipinski definition) is 4. The van der Waals surface area contributed by atoms with Gasteiger partial charge in [0.1, 0.15) is 11.6 Å². The van der Waals surface area contributed by atoms with E-state index in [1.165, 1.54) is 24.1 Å². The van der Waals surface area contributed by atoms with E-state index in [0.29, 0.717) is 17.5 Å². The highest BCUT2D eigenvalue weighted by molar-refractivity contribution is 5.85. The Morgan fingerprint density at radius 3 is 2.45 bits per heavy atom. The molecule has 0 aliphatic heterocycles. The third-order valence-electron chi connectivity index (χ3n) is 4.92. The Hall–Kier alpha value is -2.70. The van der Waals surface area contributed by atoms with E-state index in [2.05, 4.69) is 40.3 Å². The first-order valence-electron chi connectivity index (χ1n) is 9.97. The van der Waals surface area contributed by atoms with Gasteiger partial charge in [-0.2, -0.15) is 0 Å².